The first kappa shape index (κ1) is 11.0. The van der Waals surface area contributed by atoms with Crippen LogP contribution in [-0.2, 0) is 7.05 Å². The summed E-state index contributed by atoms with van der Waals surface area (Å²) in [5, 5.41) is 4.17. The van der Waals surface area contributed by atoms with E-state index in [9.17, 15) is 0 Å². The number of fused-ring (bicyclic) bond motifs is 1. The quantitative estimate of drug-likeness (QED) is 0.831. The summed E-state index contributed by atoms with van der Waals surface area (Å²) in [5.74, 6) is 2.16. The molecule has 18 heavy (non-hydrogen) atoms. The molecule has 2 N–H and O–H groups in total. The molecule has 0 saturated heterocycles. The fraction of sp³-hybridized carbons (Fsp3) is 0.308. The average Bonchev–Trinajstić information content (AvgIpc) is 2.69. The number of hydrogen-bond donors (Lipinski definition) is 1. The molecule has 0 radical (unpaired) electrons. The smallest absolute Gasteiger partial charge is 0.169 e. The molecule has 1 aromatic carbocycles. The summed E-state index contributed by atoms with van der Waals surface area (Å²) in [4.78, 5) is 0. The molecule has 0 saturated carbocycles. The number of hydrogen-bond acceptors (Lipinski definition) is 4. The summed E-state index contributed by atoms with van der Waals surface area (Å²) in [6, 6.07) is 4.02. The largest absolute Gasteiger partial charge is 0.486 e. The van der Waals surface area contributed by atoms with Crippen molar-refractivity contribution in [3.8, 4) is 22.6 Å². The number of rotatable bonds is 1. The van der Waals surface area contributed by atoms with Gasteiger partial charge in [-0.3, -0.25) is 4.68 Å². The summed E-state index contributed by atoms with van der Waals surface area (Å²) in [6.45, 7) is 3.16. The van der Waals surface area contributed by atoms with E-state index < -0.39 is 0 Å². The Balaban J connectivity index is 2.22. The first-order valence-electron chi connectivity index (χ1n) is 5.85. The first-order chi connectivity index (χ1) is 8.66. The van der Waals surface area contributed by atoms with Crippen molar-refractivity contribution in [2.45, 2.75) is 6.92 Å². The molecule has 1 aromatic heterocycles. The minimum Gasteiger partial charge on any atom is -0.486 e. The standard InChI is InChI=1S/C13H15N3O2/c1-8-5-9(10-7-15-16(2)13(10)14)12-11(6-8)17-3-4-18-12/h5-7H,3-4,14H2,1-2H3. The summed E-state index contributed by atoms with van der Waals surface area (Å²) in [6.07, 6.45) is 1.75. The number of benzene rings is 1. The fourth-order valence-corrected chi connectivity index (χ4v) is 2.15. The van der Waals surface area contributed by atoms with E-state index in [1.807, 2.05) is 26.1 Å². The van der Waals surface area contributed by atoms with E-state index in [1.54, 1.807) is 10.9 Å². The normalized spacial score (nSPS) is 13.7. The van der Waals surface area contributed by atoms with Gasteiger partial charge in [-0.05, 0) is 24.6 Å². The predicted molar refractivity (Wildman–Crippen MR) is 68.8 cm³/mol. The van der Waals surface area contributed by atoms with Crippen molar-refractivity contribution in [2.75, 3.05) is 18.9 Å². The number of anilines is 1. The van der Waals surface area contributed by atoms with E-state index in [-0.39, 0.29) is 0 Å². The highest BCUT2D eigenvalue weighted by Gasteiger charge is 2.20. The Morgan fingerprint density at radius 3 is 2.72 bits per heavy atom. The van der Waals surface area contributed by atoms with Crippen LogP contribution in [0.3, 0.4) is 0 Å². The molecular weight excluding hydrogens is 230 g/mol. The Morgan fingerprint density at radius 2 is 2.00 bits per heavy atom. The highest BCUT2D eigenvalue weighted by molar-refractivity contribution is 5.81. The molecule has 5 nitrogen and oxygen atoms in total. The van der Waals surface area contributed by atoms with Gasteiger partial charge < -0.3 is 15.2 Å². The molecule has 0 spiro atoms. The molecule has 1 aliphatic rings. The second-order valence-corrected chi connectivity index (χ2v) is 4.40. The Morgan fingerprint density at radius 1 is 1.22 bits per heavy atom. The zero-order valence-electron chi connectivity index (χ0n) is 10.4. The van der Waals surface area contributed by atoms with Crippen molar-refractivity contribution in [1.82, 2.24) is 9.78 Å². The zero-order valence-corrected chi connectivity index (χ0v) is 10.4. The molecule has 0 unspecified atom stereocenters. The fourth-order valence-electron chi connectivity index (χ4n) is 2.15. The second kappa shape index (κ2) is 3.94. The third-order valence-corrected chi connectivity index (χ3v) is 3.06. The number of ether oxygens (including phenoxy) is 2. The molecule has 94 valence electrons. The zero-order chi connectivity index (χ0) is 12.7. The molecule has 0 aliphatic carbocycles. The van der Waals surface area contributed by atoms with Crippen molar-refractivity contribution in [3.63, 3.8) is 0 Å². The molecule has 0 bridgehead atoms. The molecule has 2 aromatic rings. The van der Waals surface area contributed by atoms with E-state index in [0.717, 1.165) is 28.2 Å². The van der Waals surface area contributed by atoms with E-state index >= 15 is 0 Å². The van der Waals surface area contributed by atoms with Gasteiger partial charge in [0.25, 0.3) is 0 Å². The molecule has 1 aliphatic heterocycles. The lowest BCUT2D eigenvalue weighted by atomic mass is 10.0. The lowest BCUT2D eigenvalue weighted by molar-refractivity contribution is 0.172. The van der Waals surface area contributed by atoms with Crippen LogP contribution in [0.1, 0.15) is 5.56 Å². The van der Waals surface area contributed by atoms with Crippen molar-refractivity contribution in [2.24, 2.45) is 7.05 Å². The predicted octanol–water partition coefficient (Wildman–Crippen LogP) is 1.75. The van der Waals surface area contributed by atoms with Gasteiger partial charge in [0, 0.05) is 18.2 Å². The average molecular weight is 245 g/mol. The maximum Gasteiger partial charge on any atom is 0.169 e. The van der Waals surface area contributed by atoms with Crippen LogP contribution in [0.15, 0.2) is 18.3 Å². The van der Waals surface area contributed by atoms with Gasteiger partial charge >= 0.3 is 0 Å². The van der Waals surface area contributed by atoms with Gasteiger partial charge in [-0.2, -0.15) is 5.10 Å². The van der Waals surface area contributed by atoms with Crippen LogP contribution in [0.5, 0.6) is 11.5 Å². The van der Waals surface area contributed by atoms with Crippen LogP contribution in [0.25, 0.3) is 11.1 Å². The monoisotopic (exact) mass is 245 g/mol. The number of aryl methyl sites for hydroxylation is 2. The van der Waals surface area contributed by atoms with Gasteiger partial charge in [-0.25, -0.2) is 0 Å². The third kappa shape index (κ3) is 1.59. The van der Waals surface area contributed by atoms with Gasteiger partial charge in [0.05, 0.1) is 6.20 Å². The van der Waals surface area contributed by atoms with E-state index in [2.05, 4.69) is 5.10 Å². The topological polar surface area (TPSA) is 62.3 Å². The lowest BCUT2D eigenvalue weighted by Crippen LogP contribution is -2.16. The van der Waals surface area contributed by atoms with E-state index in [4.69, 9.17) is 15.2 Å². The summed E-state index contributed by atoms with van der Waals surface area (Å²) >= 11 is 0. The Labute approximate surface area is 105 Å². The van der Waals surface area contributed by atoms with Crippen LogP contribution in [0.4, 0.5) is 5.82 Å². The highest BCUT2D eigenvalue weighted by atomic mass is 16.6. The second-order valence-electron chi connectivity index (χ2n) is 4.40. The maximum atomic E-state index is 6.02. The van der Waals surface area contributed by atoms with Crippen molar-refractivity contribution >= 4 is 5.82 Å². The van der Waals surface area contributed by atoms with Crippen molar-refractivity contribution in [3.05, 3.63) is 23.9 Å². The number of nitrogen functional groups attached to an aromatic ring is 1. The van der Waals surface area contributed by atoms with Crippen LogP contribution in [0, 0.1) is 6.92 Å². The molecule has 5 heteroatoms. The highest BCUT2D eigenvalue weighted by Crippen LogP contribution is 2.42. The molecule has 3 rings (SSSR count). The molecule has 0 fully saturated rings. The number of nitrogens with zero attached hydrogens (tertiary/aromatic N) is 2. The van der Waals surface area contributed by atoms with Gasteiger partial charge in [0.15, 0.2) is 11.5 Å². The van der Waals surface area contributed by atoms with E-state index in [1.165, 1.54) is 0 Å². The minimum absolute atomic E-state index is 0.559. The summed E-state index contributed by atoms with van der Waals surface area (Å²) in [7, 11) is 1.82. The number of nitrogens with two attached hydrogens (primary N) is 1. The number of aromatic nitrogens is 2. The Kier molecular flexibility index (Phi) is 2.40. The van der Waals surface area contributed by atoms with Crippen LogP contribution in [-0.4, -0.2) is 23.0 Å². The molecule has 0 amide bonds. The molecule has 2 heterocycles. The van der Waals surface area contributed by atoms with E-state index in [0.29, 0.717) is 19.0 Å². The van der Waals surface area contributed by atoms with Gasteiger partial charge in [-0.1, -0.05) is 0 Å². The van der Waals surface area contributed by atoms with Gasteiger partial charge in [-0.15, -0.1) is 0 Å². The Bertz CT molecular complexity index is 605. The van der Waals surface area contributed by atoms with Crippen LogP contribution < -0.4 is 15.2 Å². The summed E-state index contributed by atoms with van der Waals surface area (Å²) < 4.78 is 13.0. The minimum atomic E-state index is 0.559. The summed E-state index contributed by atoms with van der Waals surface area (Å²) in [5.41, 5.74) is 8.95. The maximum absolute atomic E-state index is 6.02. The van der Waals surface area contributed by atoms with Gasteiger partial charge in [0.1, 0.15) is 19.0 Å². The van der Waals surface area contributed by atoms with Crippen molar-refractivity contribution < 1.29 is 9.47 Å². The lowest BCUT2D eigenvalue weighted by Gasteiger charge is -2.21. The molecule has 0 atom stereocenters. The SMILES string of the molecule is Cc1cc2c(c(-c3cnn(C)c3N)c1)OCCO2. The first-order valence-corrected chi connectivity index (χ1v) is 5.85. The van der Waals surface area contributed by atoms with Crippen molar-refractivity contribution in [1.29, 1.82) is 0 Å². The van der Waals surface area contributed by atoms with Gasteiger partial charge in [0.2, 0.25) is 0 Å². The third-order valence-electron chi connectivity index (χ3n) is 3.06. The van der Waals surface area contributed by atoms with Crippen LogP contribution >= 0.6 is 0 Å². The Hall–Kier alpha value is -2.17. The molecular formula is C13H15N3O2. The van der Waals surface area contributed by atoms with Crippen LogP contribution in [0.2, 0.25) is 0 Å².